The molecule has 0 fully saturated rings. The van der Waals surface area contributed by atoms with Gasteiger partial charge in [-0.1, -0.05) is 42.0 Å². The SMILES string of the molecule is COc1cc(/C=C(/C#N)C(=O)Nc2ccccc2C)ccc1OCC(=O)Nc1ccc(C)cc1C. The molecule has 178 valence electrons. The summed E-state index contributed by atoms with van der Waals surface area (Å²) in [5, 5.41) is 15.1. The zero-order chi connectivity index (χ0) is 25.4. The Morgan fingerprint density at radius 3 is 2.34 bits per heavy atom. The zero-order valence-corrected chi connectivity index (χ0v) is 20.1. The van der Waals surface area contributed by atoms with Crippen molar-refractivity contribution in [2.75, 3.05) is 24.4 Å². The number of anilines is 2. The average Bonchev–Trinajstić information content (AvgIpc) is 2.84. The van der Waals surface area contributed by atoms with Gasteiger partial charge in [-0.25, -0.2) is 0 Å². The molecule has 7 nitrogen and oxygen atoms in total. The predicted octanol–water partition coefficient (Wildman–Crippen LogP) is 5.18. The van der Waals surface area contributed by atoms with Gasteiger partial charge in [0.25, 0.3) is 11.8 Å². The maximum atomic E-state index is 12.6. The third kappa shape index (κ3) is 6.71. The first-order chi connectivity index (χ1) is 16.8. The van der Waals surface area contributed by atoms with E-state index >= 15 is 0 Å². The molecule has 0 heterocycles. The van der Waals surface area contributed by atoms with Crippen molar-refractivity contribution in [2.45, 2.75) is 20.8 Å². The highest BCUT2D eigenvalue weighted by Crippen LogP contribution is 2.29. The third-order valence-electron chi connectivity index (χ3n) is 5.27. The van der Waals surface area contributed by atoms with E-state index in [9.17, 15) is 14.9 Å². The molecule has 0 aromatic heterocycles. The number of nitrogens with zero attached hydrogens (tertiary/aromatic N) is 1. The summed E-state index contributed by atoms with van der Waals surface area (Å²) in [6.07, 6.45) is 1.47. The van der Waals surface area contributed by atoms with Crippen LogP contribution in [-0.4, -0.2) is 25.5 Å². The van der Waals surface area contributed by atoms with Gasteiger partial charge >= 0.3 is 0 Å². The number of carbonyl (C=O) groups excluding carboxylic acids is 2. The minimum Gasteiger partial charge on any atom is -0.493 e. The summed E-state index contributed by atoms with van der Waals surface area (Å²) in [7, 11) is 1.47. The van der Waals surface area contributed by atoms with Crippen molar-refractivity contribution in [1.82, 2.24) is 0 Å². The van der Waals surface area contributed by atoms with Crippen molar-refractivity contribution in [2.24, 2.45) is 0 Å². The summed E-state index contributed by atoms with van der Waals surface area (Å²) in [6, 6.07) is 20.0. The normalized spacial score (nSPS) is 10.8. The molecule has 0 atom stereocenters. The van der Waals surface area contributed by atoms with Crippen molar-refractivity contribution < 1.29 is 19.1 Å². The fourth-order valence-corrected chi connectivity index (χ4v) is 3.39. The van der Waals surface area contributed by atoms with E-state index in [0.29, 0.717) is 22.7 Å². The fraction of sp³-hybridized carbons (Fsp3) is 0.179. The average molecular weight is 470 g/mol. The molecule has 0 aliphatic heterocycles. The van der Waals surface area contributed by atoms with Crippen LogP contribution in [0.4, 0.5) is 11.4 Å². The number of ether oxygens (including phenoxy) is 2. The lowest BCUT2D eigenvalue weighted by Crippen LogP contribution is -2.20. The van der Waals surface area contributed by atoms with Crippen LogP contribution in [0.2, 0.25) is 0 Å². The number of nitriles is 1. The number of carbonyl (C=O) groups is 2. The minimum absolute atomic E-state index is 0.0585. The maximum absolute atomic E-state index is 12.6. The van der Waals surface area contributed by atoms with Gasteiger partial charge in [-0.15, -0.1) is 0 Å². The molecular formula is C28H27N3O4. The van der Waals surface area contributed by atoms with E-state index in [1.807, 2.05) is 63.2 Å². The number of rotatable bonds is 8. The largest absolute Gasteiger partial charge is 0.493 e. The van der Waals surface area contributed by atoms with Gasteiger partial charge in [-0.2, -0.15) is 5.26 Å². The van der Waals surface area contributed by atoms with Gasteiger partial charge in [0.2, 0.25) is 0 Å². The third-order valence-corrected chi connectivity index (χ3v) is 5.27. The summed E-state index contributed by atoms with van der Waals surface area (Å²) in [5.74, 6) is -0.0789. The number of hydrogen-bond donors (Lipinski definition) is 2. The Kier molecular flexibility index (Phi) is 8.25. The van der Waals surface area contributed by atoms with Crippen LogP contribution in [0, 0.1) is 32.1 Å². The van der Waals surface area contributed by atoms with Gasteiger partial charge in [-0.3, -0.25) is 9.59 Å². The highest BCUT2D eigenvalue weighted by atomic mass is 16.5. The Balaban J connectivity index is 1.69. The molecule has 0 unspecified atom stereocenters. The molecule has 3 aromatic carbocycles. The smallest absolute Gasteiger partial charge is 0.266 e. The lowest BCUT2D eigenvalue weighted by atomic mass is 10.1. The Bertz CT molecular complexity index is 1320. The zero-order valence-electron chi connectivity index (χ0n) is 20.1. The second kappa shape index (κ2) is 11.5. The number of amides is 2. The highest BCUT2D eigenvalue weighted by Gasteiger charge is 2.13. The summed E-state index contributed by atoms with van der Waals surface area (Å²) in [6.45, 7) is 5.58. The van der Waals surface area contributed by atoms with Crippen molar-refractivity contribution in [3.63, 3.8) is 0 Å². The lowest BCUT2D eigenvalue weighted by molar-refractivity contribution is -0.118. The van der Waals surface area contributed by atoms with E-state index < -0.39 is 5.91 Å². The first-order valence-corrected chi connectivity index (χ1v) is 11.0. The summed E-state index contributed by atoms with van der Waals surface area (Å²) in [4.78, 5) is 24.9. The molecule has 0 aliphatic carbocycles. The highest BCUT2D eigenvalue weighted by molar-refractivity contribution is 6.10. The Hall–Kier alpha value is -4.57. The molecule has 0 spiro atoms. The monoisotopic (exact) mass is 469 g/mol. The molecule has 35 heavy (non-hydrogen) atoms. The van der Waals surface area contributed by atoms with E-state index in [1.165, 1.54) is 13.2 Å². The molecule has 0 bridgehead atoms. The number of hydrogen-bond acceptors (Lipinski definition) is 5. The van der Waals surface area contributed by atoms with Crippen LogP contribution in [0.1, 0.15) is 22.3 Å². The molecule has 7 heteroatoms. The van der Waals surface area contributed by atoms with E-state index in [4.69, 9.17) is 9.47 Å². The standard InChI is InChI=1S/C28H27N3O4/c1-18-9-11-24(20(3)13-18)30-27(32)17-35-25-12-10-21(15-26(25)34-4)14-22(16-29)28(33)31-23-8-6-5-7-19(23)2/h5-15H,17H2,1-4H3,(H,30,32)(H,31,33)/b22-14-. The minimum atomic E-state index is -0.510. The van der Waals surface area contributed by atoms with Gasteiger partial charge in [-0.05, 0) is 67.8 Å². The number of aryl methyl sites for hydroxylation is 3. The molecule has 0 radical (unpaired) electrons. The summed E-state index contributed by atoms with van der Waals surface area (Å²) >= 11 is 0. The first kappa shape index (κ1) is 25.1. The first-order valence-electron chi connectivity index (χ1n) is 11.0. The van der Waals surface area contributed by atoms with Crippen LogP contribution in [0.15, 0.2) is 66.2 Å². The quantitative estimate of drug-likeness (QED) is 0.350. The molecule has 3 aromatic rings. The summed E-state index contributed by atoms with van der Waals surface area (Å²) < 4.78 is 11.0. The Morgan fingerprint density at radius 2 is 1.66 bits per heavy atom. The van der Waals surface area contributed by atoms with Crippen molar-refractivity contribution >= 4 is 29.3 Å². The molecule has 0 saturated carbocycles. The second-order valence-electron chi connectivity index (χ2n) is 8.00. The molecule has 3 rings (SSSR count). The van der Waals surface area contributed by atoms with Crippen LogP contribution < -0.4 is 20.1 Å². The van der Waals surface area contributed by atoms with Crippen molar-refractivity contribution in [1.29, 1.82) is 5.26 Å². The number of benzene rings is 3. The summed E-state index contributed by atoms with van der Waals surface area (Å²) in [5.41, 5.74) is 4.85. The number of methoxy groups -OCH3 is 1. The van der Waals surface area contributed by atoms with Crippen molar-refractivity contribution in [3.8, 4) is 17.6 Å². The Labute approximate surface area is 205 Å². The maximum Gasteiger partial charge on any atom is 0.266 e. The van der Waals surface area contributed by atoms with Crippen LogP contribution in [0.5, 0.6) is 11.5 Å². The van der Waals surface area contributed by atoms with E-state index in [0.717, 1.165) is 22.4 Å². The molecule has 0 saturated heterocycles. The molecule has 0 aliphatic rings. The van der Waals surface area contributed by atoms with Gasteiger partial charge < -0.3 is 20.1 Å². The molecular weight excluding hydrogens is 442 g/mol. The van der Waals surface area contributed by atoms with Gasteiger partial charge in [0, 0.05) is 11.4 Å². The van der Waals surface area contributed by atoms with Gasteiger partial charge in [0.05, 0.1) is 7.11 Å². The van der Waals surface area contributed by atoms with E-state index in [-0.39, 0.29) is 18.1 Å². The van der Waals surface area contributed by atoms with Gasteiger partial charge in [0.1, 0.15) is 11.6 Å². The molecule has 2 N–H and O–H groups in total. The van der Waals surface area contributed by atoms with Crippen molar-refractivity contribution in [3.05, 3.63) is 88.5 Å². The topological polar surface area (TPSA) is 100 Å². The van der Waals surface area contributed by atoms with Gasteiger partial charge in [0.15, 0.2) is 18.1 Å². The van der Waals surface area contributed by atoms with E-state index in [1.54, 1.807) is 24.3 Å². The fourth-order valence-electron chi connectivity index (χ4n) is 3.39. The number of nitrogens with one attached hydrogen (secondary N) is 2. The molecule has 2 amide bonds. The van der Waals surface area contributed by atoms with Crippen LogP contribution in [0.3, 0.4) is 0 Å². The van der Waals surface area contributed by atoms with Crippen LogP contribution >= 0.6 is 0 Å². The van der Waals surface area contributed by atoms with E-state index in [2.05, 4.69) is 10.6 Å². The predicted molar refractivity (Wildman–Crippen MR) is 136 cm³/mol. The Morgan fingerprint density at radius 1 is 0.914 bits per heavy atom. The number of para-hydroxylation sites is 1. The second-order valence-corrected chi connectivity index (χ2v) is 8.00. The lowest BCUT2D eigenvalue weighted by Gasteiger charge is -2.13. The van der Waals surface area contributed by atoms with Crippen LogP contribution in [-0.2, 0) is 9.59 Å². The van der Waals surface area contributed by atoms with Crippen LogP contribution in [0.25, 0.3) is 6.08 Å².